The fourth-order valence-corrected chi connectivity index (χ4v) is 8.65. The summed E-state index contributed by atoms with van der Waals surface area (Å²) in [6.07, 6.45) is -1.22. The van der Waals surface area contributed by atoms with Crippen molar-refractivity contribution in [2.24, 2.45) is 23.1 Å². The number of aliphatic hydroxyl groups excluding tert-OH is 3. The van der Waals surface area contributed by atoms with Gasteiger partial charge in [0.05, 0.1) is 25.4 Å². The molecule has 1 fully saturated rings. The van der Waals surface area contributed by atoms with E-state index in [0.29, 0.717) is 28.5 Å². The van der Waals surface area contributed by atoms with Crippen LogP contribution in [-0.2, 0) is 65.6 Å². The van der Waals surface area contributed by atoms with Crippen LogP contribution < -0.4 is 54.4 Å². The lowest BCUT2D eigenvalue weighted by atomic mass is 10.0. The smallest absolute Gasteiger partial charge is 0.328 e. The number of phenolic OH excluding ortho intramolecular Hbond substituents is 1. The van der Waals surface area contributed by atoms with Gasteiger partial charge in [0.1, 0.15) is 48.0 Å². The lowest BCUT2D eigenvalue weighted by Gasteiger charge is -2.31. The normalized spacial score (nSPS) is 16.6. The zero-order chi connectivity index (χ0) is 58.7. The molecule has 28 nitrogen and oxygen atoms in total. The molecule has 10 amide bonds. The van der Waals surface area contributed by atoms with E-state index < -0.39 is 145 Å². The maximum Gasteiger partial charge on any atom is 0.328 e. The van der Waals surface area contributed by atoms with Gasteiger partial charge in [0, 0.05) is 49.3 Å². The zero-order valence-corrected chi connectivity index (χ0v) is 43.9. The van der Waals surface area contributed by atoms with Gasteiger partial charge in [-0.2, -0.15) is 0 Å². The summed E-state index contributed by atoms with van der Waals surface area (Å²) in [4.78, 5) is 150. The highest BCUT2D eigenvalue weighted by Crippen LogP contribution is 2.23. The molecule has 0 saturated carbocycles. The number of hydrogen-bond acceptors (Lipinski definition) is 16. The average Bonchev–Trinajstić information content (AvgIpc) is 4.08. The number of phenols is 1. The molecular formula is C51H72N12O16. The van der Waals surface area contributed by atoms with Gasteiger partial charge in [-0.15, -0.1) is 0 Å². The van der Waals surface area contributed by atoms with E-state index >= 15 is 0 Å². The number of aromatic hydroxyl groups is 1. The molecule has 0 bridgehead atoms. The quantitative estimate of drug-likeness (QED) is 0.0288. The molecule has 10 atom stereocenters. The number of carbonyl (C=O) groups excluding carboxylic acids is 10. The molecule has 1 aromatic heterocycles. The molecule has 2 aromatic carbocycles. The van der Waals surface area contributed by atoms with Gasteiger partial charge in [0.15, 0.2) is 6.04 Å². The lowest BCUT2D eigenvalue weighted by Crippen LogP contribution is -2.61. The van der Waals surface area contributed by atoms with Crippen LogP contribution in [0, 0.1) is 5.92 Å². The molecular weight excluding hydrogens is 1040 g/mol. The standard InChI is InChI=1S/C51H72N12O16/c1-25(2)19-34(46(73)62-42(26(3)66)51(78)79)58-49(76)39-9-6-18-63(39)50(77)36(20-27-10-12-29(67)13-11-27)59-47(74)37(23-64)61-48(75)38(24-65)60-45(72)35(21-28-22-55-32-8-5-4-7-30(28)32)57-44(71)33(15-17-41(54)69)56-43(70)31(52)14-16-40(53)68/h4-5,7-8,10-13,22,25-26,31,33-39,42,55,64-67H,6,9,14-21,23-24,52H2,1-3H3,(H2,53,68)(H2,54,69)(H,56,70)(H,57,71)(H,58,76)(H,59,74)(H,60,72)(H,61,75)(H,62,73)(H,78,79)/t26-,31+,33+,34+,35+,36+,37+,38+,39+,42+/m1/s1. The minimum Gasteiger partial charge on any atom is -0.508 e. The number of fused-ring (bicyclic) bond motifs is 1. The molecule has 0 spiro atoms. The first-order chi connectivity index (χ1) is 37.3. The minimum atomic E-state index is -1.87. The molecule has 432 valence electrons. The molecule has 2 heterocycles. The van der Waals surface area contributed by atoms with Crippen LogP contribution in [0.2, 0.25) is 0 Å². The predicted octanol–water partition coefficient (Wildman–Crippen LogP) is -4.60. The van der Waals surface area contributed by atoms with Crippen molar-refractivity contribution in [3.8, 4) is 5.75 Å². The molecule has 1 aliphatic heterocycles. The van der Waals surface area contributed by atoms with Crippen molar-refractivity contribution in [1.82, 2.24) is 47.1 Å². The van der Waals surface area contributed by atoms with Crippen LogP contribution in [0.4, 0.5) is 0 Å². The Kier molecular flexibility index (Phi) is 24.1. The highest BCUT2D eigenvalue weighted by atomic mass is 16.4. The van der Waals surface area contributed by atoms with Gasteiger partial charge in [-0.3, -0.25) is 47.9 Å². The number of nitrogens with zero attached hydrogens (tertiary/aromatic N) is 1. The fraction of sp³-hybridized carbons (Fsp3) is 0.510. The average molecular weight is 1110 g/mol. The van der Waals surface area contributed by atoms with Crippen molar-refractivity contribution in [2.75, 3.05) is 19.8 Å². The predicted molar refractivity (Wildman–Crippen MR) is 280 cm³/mol. The molecule has 0 aliphatic carbocycles. The van der Waals surface area contributed by atoms with Gasteiger partial charge in [-0.25, -0.2) is 4.79 Å². The summed E-state index contributed by atoms with van der Waals surface area (Å²) >= 11 is 0. The number of amides is 10. The van der Waals surface area contributed by atoms with Crippen LogP contribution in [-0.4, -0.2) is 181 Å². The Morgan fingerprint density at radius 3 is 1.76 bits per heavy atom. The third kappa shape index (κ3) is 19.0. The van der Waals surface area contributed by atoms with E-state index in [1.807, 2.05) is 0 Å². The number of carboxylic acid groups (broad SMARTS) is 1. The van der Waals surface area contributed by atoms with Crippen LogP contribution in [0.3, 0.4) is 0 Å². The Morgan fingerprint density at radius 1 is 0.658 bits per heavy atom. The van der Waals surface area contributed by atoms with E-state index in [-0.39, 0.29) is 63.2 Å². The van der Waals surface area contributed by atoms with Crippen LogP contribution in [0.15, 0.2) is 54.7 Å². The number of aliphatic carboxylic acids is 1. The highest BCUT2D eigenvalue weighted by Gasteiger charge is 2.41. The third-order valence-electron chi connectivity index (χ3n) is 12.9. The number of aromatic amines is 1. The number of nitrogens with two attached hydrogens (primary N) is 3. The summed E-state index contributed by atoms with van der Waals surface area (Å²) in [7, 11) is 0. The van der Waals surface area contributed by atoms with Crippen molar-refractivity contribution in [3.05, 3.63) is 65.9 Å². The van der Waals surface area contributed by atoms with Gasteiger partial charge >= 0.3 is 5.97 Å². The summed E-state index contributed by atoms with van der Waals surface area (Å²) in [5, 5.41) is 67.8. The van der Waals surface area contributed by atoms with Crippen molar-refractivity contribution < 1.29 is 78.3 Å². The molecule has 1 aliphatic rings. The van der Waals surface area contributed by atoms with Crippen LogP contribution in [0.5, 0.6) is 5.75 Å². The topological polar surface area (TPSA) is 470 Å². The molecule has 0 radical (unpaired) electrons. The monoisotopic (exact) mass is 1110 g/mol. The van der Waals surface area contributed by atoms with E-state index in [1.54, 1.807) is 44.3 Å². The van der Waals surface area contributed by atoms with Gasteiger partial charge in [0.25, 0.3) is 0 Å². The number of H-pyrrole nitrogens is 1. The number of carbonyl (C=O) groups is 11. The Balaban J connectivity index is 1.56. The largest absolute Gasteiger partial charge is 0.508 e. The number of benzene rings is 2. The van der Waals surface area contributed by atoms with Crippen LogP contribution in [0.25, 0.3) is 10.9 Å². The molecule has 0 unspecified atom stereocenters. The van der Waals surface area contributed by atoms with Crippen molar-refractivity contribution in [1.29, 1.82) is 0 Å². The summed E-state index contributed by atoms with van der Waals surface area (Å²) in [5.74, 6) is -11.2. The second-order valence-corrected chi connectivity index (χ2v) is 19.7. The Bertz CT molecular complexity index is 2660. The lowest BCUT2D eigenvalue weighted by molar-refractivity contribution is -0.146. The molecule has 3 aromatic rings. The van der Waals surface area contributed by atoms with E-state index in [9.17, 15) is 78.3 Å². The minimum absolute atomic E-state index is 0.00192. The number of rotatable bonds is 31. The number of nitrogens with one attached hydrogen (secondary N) is 8. The van der Waals surface area contributed by atoms with E-state index in [4.69, 9.17) is 17.2 Å². The molecule has 4 rings (SSSR count). The number of para-hydroxylation sites is 1. The second kappa shape index (κ2) is 30.1. The fourth-order valence-electron chi connectivity index (χ4n) is 8.65. The van der Waals surface area contributed by atoms with E-state index in [0.717, 1.165) is 0 Å². The maximum atomic E-state index is 14.5. The molecule has 79 heavy (non-hydrogen) atoms. The van der Waals surface area contributed by atoms with Gasteiger partial charge in [-0.05, 0) is 74.3 Å². The first-order valence-electron chi connectivity index (χ1n) is 25.5. The number of likely N-dealkylation sites (tertiary alicyclic amines) is 1. The number of hydrogen-bond donors (Lipinski definition) is 16. The first kappa shape index (κ1) is 63.3. The molecule has 19 N–H and O–H groups in total. The Labute approximate surface area is 453 Å². The van der Waals surface area contributed by atoms with Crippen molar-refractivity contribution in [2.45, 2.75) is 139 Å². The molecule has 1 saturated heterocycles. The number of carboxylic acids is 1. The Hall–Kier alpha value is -8.21. The summed E-state index contributed by atoms with van der Waals surface area (Å²) in [5.41, 5.74) is 18.0. The first-order valence-corrected chi connectivity index (χ1v) is 25.5. The SMILES string of the molecule is CC(C)C[C@H](NC(=O)[C@@H]1CCCN1C(=O)[C@H](Cc1ccc(O)cc1)NC(=O)[C@H](CO)NC(=O)[C@H](CO)NC(=O)[C@H](Cc1c[nH]c2ccccc12)NC(=O)[C@H](CCC(N)=O)NC(=O)[C@@H](N)CCC(N)=O)C(=O)N[C@H](C(=O)O)[C@@H](C)O. The summed E-state index contributed by atoms with van der Waals surface area (Å²) in [6.45, 7) is 2.47. The van der Waals surface area contributed by atoms with Crippen LogP contribution in [0.1, 0.15) is 76.8 Å². The molecule has 28 heteroatoms. The van der Waals surface area contributed by atoms with Crippen LogP contribution >= 0.6 is 0 Å². The summed E-state index contributed by atoms with van der Waals surface area (Å²) < 4.78 is 0. The van der Waals surface area contributed by atoms with Gasteiger partial charge in [0.2, 0.25) is 59.1 Å². The maximum absolute atomic E-state index is 14.5. The van der Waals surface area contributed by atoms with Crippen molar-refractivity contribution >= 4 is 75.9 Å². The third-order valence-corrected chi connectivity index (χ3v) is 12.9. The number of aliphatic hydroxyl groups is 3. The van der Waals surface area contributed by atoms with E-state index in [2.05, 4.69) is 42.2 Å². The number of primary amides is 2. The van der Waals surface area contributed by atoms with Gasteiger partial charge < -0.3 is 89.8 Å². The Morgan fingerprint density at radius 2 is 1.19 bits per heavy atom. The zero-order valence-electron chi connectivity index (χ0n) is 43.9. The van der Waals surface area contributed by atoms with Crippen molar-refractivity contribution in [3.63, 3.8) is 0 Å². The van der Waals surface area contributed by atoms with Gasteiger partial charge in [-0.1, -0.05) is 44.2 Å². The second-order valence-electron chi connectivity index (χ2n) is 19.7. The highest BCUT2D eigenvalue weighted by molar-refractivity contribution is 5.99. The van der Waals surface area contributed by atoms with E-state index in [1.165, 1.54) is 36.1 Å². The summed E-state index contributed by atoms with van der Waals surface area (Å²) in [6, 6.07) is -1.35. The number of aromatic nitrogens is 1.